The molecule has 8 heteroatoms. The highest BCUT2D eigenvalue weighted by Gasteiger charge is 2.18. The van der Waals surface area contributed by atoms with Gasteiger partial charge in [0.2, 0.25) is 12.3 Å². The number of hydrogen-bond acceptors (Lipinski definition) is 4. The summed E-state index contributed by atoms with van der Waals surface area (Å²) in [6.45, 7) is 3.79. The molecule has 162 valence electrons. The number of pyridine rings is 1. The summed E-state index contributed by atoms with van der Waals surface area (Å²) in [6, 6.07) is 10.8. The second-order valence-electron chi connectivity index (χ2n) is 7.07. The van der Waals surface area contributed by atoms with E-state index in [4.69, 9.17) is 0 Å². The summed E-state index contributed by atoms with van der Waals surface area (Å²) in [5.74, 6) is -0.228. The van der Waals surface area contributed by atoms with Crippen LogP contribution in [0.25, 0.3) is 10.9 Å². The first kappa shape index (κ1) is 23.1. The Kier molecular flexibility index (Phi) is 10.1. The highest BCUT2D eigenvalue weighted by atomic mass is 16.2. The number of para-hydroxylation sites is 1. The third-order valence-corrected chi connectivity index (χ3v) is 4.63. The minimum Gasteiger partial charge on any atom is -0.354 e. The third kappa shape index (κ3) is 8.06. The lowest BCUT2D eigenvalue weighted by molar-refractivity contribution is -0.125. The fraction of sp³-hybridized carbons (Fsp3) is 0.455. The van der Waals surface area contributed by atoms with Gasteiger partial charge < -0.3 is 21.3 Å². The van der Waals surface area contributed by atoms with Crippen LogP contribution in [-0.4, -0.2) is 49.0 Å². The molecule has 0 spiro atoms. The maximum Gasteiger partial charge on any atom is 0.314 e. The van der Waals surface area contributed by atoms with Crippen LogP contribution >= 0.6 is 0 Å². The van der Waals surface area contributed by atoms with Crippen molar-refractivity contribution in [2.24, 2.45) is 0 Å². The van der Waals surface area contributed by atoms with Crippen molar-refractivity contribution in [3.8, 4) is 0 Å². The molecule has 1 heterocycles. The van der Waals surface area contributed by atoms with Gasteiger partial charge in [0.05, 0.1) is 5.52 Å². The van der Waals surface area contributed by atoms with Gasteiger partial charge in [-0.2, -0.15) is 0 Å². The zero-order valence-electron chi connectivity index (χ0n) is 17.4. The molecule has 0 aliphatic carbocycles. The van der Waals surface area contributed by atoms with Crippen molar-refractivity contribution in [1.29, 1.82) is 0 Å². The van der Waals surface area contributed by atoms with E-state index in [1.165, 1.54) is 0 Å². The van der Waals surface area contributed by atoms with Crippen LogP contribution in [0.15, 0.2) is 36.4 Å². The molecule has 0 bridgehead atoms. The molecule has 4 amide bonds. The second-order valence-corrected chi connectivity index (χ2v) is 7.07. The van der Waals surface area contributed by atoms with Gasteiger partial charge in [0, 0.05) is 37.1 Å². The smallest absolute Gasteiger partial charge is 0.314 e. The first-order valence-electron chi connectivity index (χ1n) is 10.5. The van der Waals surface area contributed by atoms with Crippen LogP contribution in [0.4, 0.5) is 4.79 Å². The predicted octanol–water partition coefficient (Wildman–Crippen LogP) is 1.89. The van der Waals surface area contributed by atoms with Gasteiger partial charge in [0.1, 0.15) is 6.04 Å². The van der Waals surface area contributed by atoms with E-state index in [0.717, 1.165) is 42.3 Å². The van der Waals surface area contributed by atoms with Crippen molar-refractivity contribution in [3.63, 3.8) is 0 Å². The van der Waals surface area contributed by atoms with Crippen molar-refractivity contribution in [2.75, 3.05) is 19.6 Å². The van der Waals surface area contributed by atoms with Gasteiger partial charge in [-0.25, -0.2) is 4.79 Å². The number of hydrogen-bond donors (Lipinski definition) is 4. The zero-order valence-corrected chi connectivity index (χ0v) is 17.4. The normalized spacial score (nSPS) is 11.5. The van der Waals surface area contributed by atoms with Crippen LogP contribution in [0.1, 0.15) is 38.3 Å². The first-order valence-corrected chi connectivity index (χ1v) is 10.5. The number of nitrogens with zero attached hydrogens (tertiary/aromatic N) is 1. The molecule has 8 nitrogen and oxygen atoms in total. The van der Waals surface area contributed by atoms with Crippen LogP contribution in [0.5, 0.6) is 0 Å². The summed E-state index contributed by atoms with van der Waals surface area (Å²) in [5, 5.41) is 12.0. The summed E-state index contributed by atoms with van der Waals surface area (Å²) in [5.41, 5.74) is 1.60. The molecule has 2 rings (SSSR count). The van der Waals surface area contributed by atoms with Crippen LogP contribution in [0.2, 0.25) is 0 Å². The number of fused-ring (bicyclic) bond motifs is 1. The topological polar surface area (TPSA) is 112 Å². The fourth-order valence-corrected chi connectivity index (χ4v) is 3.01. The molecular formula is C22H31N5O3. The lowest BCUT2D eigenvalue weighted by Crippen LogP contribution is -2.45. The lowest BCUT2D eigenvalue weighted by Gasteiger charge is -2.16. The number of benzene rings is 1. The van der Waals surface area contributed by atoms with E-state index in [2.05, 4.69) is 26.3 Å². The Morgan fingerprint density at radius 3 is 2.47 bits per heavy atom. The molecule has 1 atom stereocenters. The number of carbonyl (C=O) groups is 3. The number of rotatable bonds is 13. The molecule has 0 aliphatic rings. The molecule has 1 aromatic carbocycles. The summed E-state index contributed by atoms with van der Waals surface area (Å²) < 4.78 is 0. The molecule has 0 saturated heterocycles. The molecular weight excluding hydrogens is 382 g/mol. The van der Waals surface area contributed by atoms with Gasteiger partial charge in [-0.15, -0.1) is 0 Å². The number of carbonyl (C=O) groups excluding carboxylic acids is 3. The van der Waals surface area contributed by atoms with Crippen molar-refractivity contribution in [2.45, 2.75) is 45.1 Å². The van der Waals surface area contributed by atoms with E-state index < -0.39 is 6.04 Å². The van der Waals surface area contributed by atoms with E-state index in [9.17, 15) is 14.4 Å². The van der Waals surface area contributed by atoms with Gasteiger partial charge >= 0.3 is 6.03 Å². The minimum atomic E-state index is -0.667. The molecule has 30 heavy (non-hydrogen) atoms. The number of nitrogens with one attached hydrogen (secondary N) is 4. The van der Waals surface area contributed by atoms with E-state index in [1.54, 1.807) is 0 Å². The number of aromatic nitrogens is 1. The first-order chi connectivity index (χ1) is 14.6. The highest BCUT2D eigenvalue weighted by Crippen LogP contribution is 2.13. The van der Waals surface area contributed by atoms with Crippen molar-refractivity contribution < 1.29 is 14.4 Å². The van der Waals surface area contributed by atoms with Crippen molar-refractivity contribution >= 4 is 29.3 Å². The zero-order chi connectivity index (χ0) is 21.6. The monoisotopic (exact) mass is 413 g/mol. The number of amides is 4. The lowest BCUT2D eigenvalue weighted by atomic mass is 10.1. The molecule has 1 aromatic heterocycles. The highest BCUT2D eigenvalue weighted by molar-refractivity contribution is 5.84. The molecule has 0 saturated carbocycles. The Morgan fingerprint density at radius 1 is 0.967 bits per heavy atom. The number of urea groups is 1. The summed E-state index contributed by atoms with van der Waals surface area (Å²) in [7, 11) is 0. The number of unbranched alkanes of at least 4 members (excludes halogenated alkanes) is 2. The molecule has 0 aliphatic heterocycles. The maximum atomic E-state index is 12.5. The Morgan fingerprint density at radius 2 is 1.70 bits per heavy atom. The Labute approximate surface area is 177 Å². The van der Waals surface area contributed by atoms with Gasteiger partial charge in [-0.3, -0.25) is 14.6 Å². The quantitative estimate of drug-likeness (QED) is 0.297. The van der Waals surface area contributed by atoms with Crippen LogP contribution in [0, 0.1) is 0 Å². The molecule has 1 unspecified atom stereocenters. The third-order valence-electron chi connectivity index (χ3n) is 4.63. The predicted molar refractivity (Wildman–Crippen MR) is 117 cm³/mol. The fourth-order valence-electron chi connectivity index (χ4n) is 3.01. The van der Waals surface area contributed by atoms with Crippen molar-refractivity contribution in [1.82, 2.24) is 26.3 Å². The Bertz CT molecular complexity index is 827. The molecule has 0 radical (unpaired) electrons. The maximum absolute atomic E-state index is 12.5. The van der Waals surface area contributed by atoms with E-state index >= 15 is 0 Å². The molecule has 0 fully saturated rings. The van der Waals surface area contributed by atoms with E-state index in [0.29, 0.717) is 32.5 Å². The minimum absolute atomic E-state index is 0.143. The Hall–Kier alpha value is -3.16. The molecule has 2 aromatic rings. The summed E-state index contributed by atoms with van der Waals surface area (Å²) >= 11 is 0. The Balaban J connectivity index is 1.70. The van der Waals surface area contributed by atoms with Gasteiger partial charge in [0.15, 0.2) is 0 Å². The van der Waals surface area contributed by atoms with Crippen LogP contribution < -0.4 is 21.3 Å². The molecule has 4 N–H and O–H groups in total. The van der Waals surface area contributed by atoms with Gasteiger partial charge in [-0.1, -0.05) is 31.2 Å². The summed E-state index contributed by atoms with van der Waals surface area (Å²) in [6.07, 6.45) is 4.29. The summed E-state index contributed by atoms with van der Waals surface area (Å²) in [4.78, 5) is 39.4. The van der Waals surface area contributed by atoms with Crippen LogP contribution in [0.3, 0.4) is 0 Å². The average Bonchev–Trinajstić information content (AvgIpc) is 2.76. The van der Waals surface area contributed by atoms with Gasteiger partial charge in [0.25, 0.3) is 0 Å². The van der Waals surface area contributed by atoms with Crippen LogP contribution in [-0.2, 0) is 16.0 Å². The van der Waals surface area contributed by atoms with Crippen molar-refractivity contribution in [3.05, 3.63) is 42.1 Å². The van der Waals surface area contributed by atoms with Gasteiger partial charge in [-0.05, 0) is 37.8 Å². The standard InChI is InChI=1S/C22H31N5O3/c1-2-12-24-22(30)25-14-7-3-6-13-23-21(29)20(26-16-28)15-18-11-10-17-8-4-5-9-19(17)27-18/h4-5,8-11,16,20H,2-3,6-7,12-15H2,1H3,(H,23,29)(H,26,28)(H2,24,25,30). The largest absolute Gasteiger partial charge is 0.354 e. The average molecular weight is 414 g/mol. The second kappa shape index (κ2) is 13.1. The van der Waals surface area contributed by atoms with E-state index in [1.807, 2.05) is 43.3 Å². The van der Waals surface area contributed by atoms with E-state index in [-0.39, 0.29) is 11.9 Å². The SMILES string of the molecule is CCCNC(=O)NCCCCCNC(=O)C(Cc1ccc2ccccc2n1)NC=O.